The highest BCUT2D eigenvalue weighted by molar-refractivity contribution is 5.96. The maximum atomic E-state index is 12.1. The summed E-state index contributed by atoms with van der Waals surface area (Å²) in [6, 6.07) is 14.3. The van der Waals surface area contributed by atoms with Gasteiger partial charge < -0.3 is 15.0 Å². The number of carbonyl (C=O) groups is 2. The number of rotatable bonds is 5. The molecule has 2 aromatic carbocycles. The number of ether oxygens (including phenoxy) is 1. The van der Waals surface area contributed by atoms with Crippen LogP contribution in [0, 0.1) is 6.92 Å². The molecule has 0 fully saturated rings. The van der Waals surface area contributed by atoms with Crippen molar-refractivity contribution in [1.82, 2.24) is 5.32 Å². The Kier molecular flexibility index (Phi) is 5.36. The van der Waals surface area contributed by atoms with Crippen LogP contribution in [-0.4, -0.2) is 32.5 Å². The number of hydrogen-bond donors (Lipinski definition) is 1. The Hall–Kier alpha value is -2.82. The first kappa shape index (κ1) is 16.5. The summed E-state index contributed by atoms with van der Waals surface area (Å²) in [6.45, 7) is 1.77. The molecule has 0 saturated carbocycles. The quantitative estimate of drug-likeness (QED) is 0.680. The minimum atomic E-state index is -0.508. The molecular formula is C18H20N2O3. The van der Waals surface area contributed by atoms with Crippen LogP contribution in [0.4, 0.5) is 5.69 Å². The fourth-order valence-corrected chi connectivity index (χ4v) is 1.95. The van der Waals surface area contributed by atoms with Gasteiger partial charge in [0.1, 0.15) is 12.3 Å². The van der Waals surface area contributed by atoms with E-state index < -0.39 is 5.97 Å². The van der Waals surface area contributed by atoms with Gasteiger partial charge in [-0.25, -0.2) is 4.79 Å². The molecule has 0 atom stereocenters. The lowest BCUT2D eigenvalue weighted by Crippen LogP contribution is -2.32. The average Bonchev–Trinajstić information content (AvgIpc) is 2.55. The molecule has 23 heavy (non-hydrogen) atoms. The number of nitrogens with zero attached hydrogens (tertiary/aromatic N) is 1. The second-order valence-corrected chi connectivity index (χ2v) is 5.41. The summed E-state index contributed by atoms with van der Waals surface area (Å²) >= 11 is 0. The molecule has 0 aliphatic rings. The fourth-order valence-electron chi connectivity index (χ4n) is 1.95. The third-order valence-electron chi connectivity index (χ3n) is 3.27. The normalized spacial score (nSPS) is 10.0. The first-order chi connectivity index (χ1) is 11.0. The highest BCUT2D eigenvalue weighted by Gasteiger charge is 2.10. The lowest BCUT2D eigenvalue weighted by Gasteiger charge is -2.13. The van der Waals surface area contributed by atoms with Crippen LogP contribution < -0.4 is 15.0 Å². The van der Waals surface area contributed by atoms with E-state index in [1.54, 1.807) is 30.3 Å². The van der Waals surface area contributed by atoms with Gasteiger partial charge in [0.2, 0.25) is 0 Å². The summed E-state index contributed by atoms with van der Waals surface area (Å²) in [7, 11) is 3.80. The Morgan fingerprint density at radius 1 is 1.09 bits per heavy atom. The number of nitrogens with one attached hydrogen (secondary N) is 1. The van der Waals surface area contributed by atoms with E-state index in [0.29, 0.717) is 11.3 Å². The average molecular weight is 312 g/mol. The highest BCUT2D eigenvalue weighted by Crippen LogP contribution is 2.13. The number of carbonyl (C=O) groups excluding carboxylic acids is 2. The predicted octanol–water partition coefficient (Wildman–Crippen LogP) is 2.40. The third-order valence-corrected chi connectivity index (χ3v) is 3.27. The number of benzene rings is 2. The summed E-state index contributed by atoms with van der Waals surface area (Å²) in [5.74, 6) is -0.357. The predicted molar refractivity (Wildman–Crippen MR) is 89.9 cm³/mol. The molecule has 5 heteroatoms. The first-order valence-electron chi connectivity index (χ1n) is 7.28. The second kappa shape index (κ2) is 7.45. The van der Waals surface area contributed by atoms with E-state index in [4.69, 9.17) is 4.74 Å². The van der Waals surface area contributed by atoms with Gasteiger partial charge in [0, 0.05) is 25.3 Å². The third kappa shape index (κ3) is 4.85. The molecule has 0 aliphatic heterocycles. The van der Waals surface area contributed by atoms with Crippen molar-refractivity contribution in [2.45, 2.75) is 6.92 Å². The van der Waals surface area contributed by atoms with E-state index in [2.05, 4.69) is 5.32 Å². The lowest BCUT2D eigenvalue weighted by atomic mass is 10.2. The van der Waals surface area contributed by atoms with Crippen LogP contribution in [0.5, 0.6) is 5.75 Å². The highest BCUT2D eigenvalue weighted by atomic mass is 16.5. The second-order valence-electron chi connectivity index (χ2n) is 5.41. The van der Waals surface area contributed by atoms with Crippen LogP contribution in [0.3, 0.4) is 0 Å². The molecule has 0 aliphatic carbocycles. The zero-order chi connectivity index (χ0) is 16.8. The van der Waals surface area contributed by atoms with E-state index in [0.717, 1.165) is 11.3 Å². The Bertz CT molecular complexity index is 694. The molecule has 2 aromatic rings. The van der Waals surface area contributed by atoms with Crippen molar-refractivity contribution in [3.63, 3.8) is 0 Å². The number of esters is 1. The van der Waals surface area contributed by atoms with E-state index in [1.165, 1.54) is 0 Å². The Labute approximate surface area is 135 Å². The molecule has 1 amide bonds. The van der Waals surface area contributed by atoms with Gasteiger partial charge in [-0.15, -0.1) is 0 Å². The molecule has 0 unspecified atom stereocenters. The van der Waals surface area contributed by atoms with E-state index in [9.17, 15) is 9.59 Å². The minimum absolute atomic E-state index is 0.182. The molecule has 1 N–H and O–H groups in total. The maximum absolute atomic E-state index is 12.1. The van der Waals surface area contributed by atoms with E-state index in [-0.39, 0.29) is 12.5 Å². The summed E-state index contributed by atoms with van der Waals surface area (Å²) < 4.78 is 5.16. The molecule has 0 aromatic heterocycles. The van der Waals surface area contributed by atoms with Crippen molar-refractivity contribution in [2.75, 3.05) is 25.5 Å². The van der Waals surface area contributed by atoms with Crippen molar-refractivity contribution in [3.05, 3.63) is 59.7 Å². The molecule has 2 rings (SSSR count). The minimum Gasteiger partial charge on any atom is -0.425 e. The fraction of sp³-hybridized carbons (Fsp3) is 0.222. The van der Waals surface area contributed by atoms with Crippen LogP contribution >= 0.6 is 0 Å². The molecule has 0 heterocycles. The Balaban J connectivity index is 1.89. The first-order valence-corrected chi connectivity index (χ1v) is 7.28. The van der Waals surface area contributed by atoms with Crippen LogP contribution in [-0.2, 0) is 4.79 Å². The van der Waals surface area contributed by atoms with Crippen molar-refractivity contribution in [3.8, 4) is 5.75 Å². The largest absolute Gasteiger partial charge is 0.425 e. The molecule has 5 nitrogen and oxygen atoms in total. The van der Waals surface area contributed by atoms with Crippen LogP contribution in [0.25, 0.3) is 0 Å². The molecule has 0 spiro atoms. The number of aryl methyl sites for hydroxylation is 1. The molecule has 0 saturated heterocycles. The van der Waals surface area contributed by atoms with Crippen molar-refractivity contribution >= 4 is 17.6 Å². The molecule has 0 bridgehead atoms. The van der Waals surface area contributed by atoms with Crippen LogP contribution in [0.15, 0.2) is 48.5 Å². The number of hydrogen-bond acceptors (Lipinski definition) is 4. The zero-order valence-corrected chi connectivity index (χ0v) is 13.5. The van der Waals surface area contributed by atoms with Gasteiger partial charge in [-0.1, -0.05) is 23.8 Å². The monoisotopic (exact) mass is 312 g/mol. The summed E-state index contributed by atoms with van der Waals surface area (Å²) in [5, 5.41) is 2.56. The van der Waals surface area contributed by atoms with Crippen molar-refractivity contribution in [1.29, 1.82) is 0 Å². The summed E-state index contributed by atoms with van der Waals surface area (Å²) in [5.41, 5.74) is 2.50. The van der Waals surface area contributed by atoms with Crippen molar-refractivity contribution < 1.29 is 14.3 Å². The van der Waals surface area contributed by atoms with Crippen molar-refractivity contribution in [2.24, 2.45) is 0 Å². The van der Waals surface area contributed by atoms with E-state index >= 15 is 0 Å². The van der Waals surface area contributed by atoms with Crippen LogP contribution in [0.2, 0.25) is 0 Å². The molecular weight excluding hydrogens is 292 g/mol. The SMILES string of the molecule is Cc1ccc(OC(=O)CNC(=O)c2cccc(N(C)C)c2)cc1. The van der Waals surface area contributed by atoms with Gasteiger partial charge in [0.15, 0.2) is 0 Å². The Morgan fingerprint density at radius 2 is 1.78 bits per heavy atom. The topological polar surface area (TPSA) is 58.6 Å². The molecule has 120 valence electrons. The summed E-state index contributed by atoms with van der Waals surface area (Å²) in [4.78, 5) is 25.8. The maximum Gasteiger partial charge on any atom is 0.330 e. The van der Waals surface area contributed by atoms with Gasteiger partial charge in [-0.3, -0.25) is 4.79 Å². The van der Waals surface area contributed by atoms with Gasteiger partial charge in [0.25, 0.3) is 5.91 Å². The van der Waals surface area contributed by atoms with Gasteiger partial charge >= 0.3 is 5.97 Å². The van der Waals surface area contributed by atoms with E-state index in [1.807, 2.05) is 44.1 Å². The van der Waals surface area contributed by atoms with Gasteiger partial charge in [0.05, 0.1) is 0 Å². The lowest BCUT2D eigenvalue weighted by molar-refractivity contribution is -0.133. The number of anilines is 1. The Morgan fingerprint density at radius 3 is 2.43 bits per heavy atom. The number of amides is 1. The van der Waals surface area contributed by atoms with Gasteiger partial charge in [-0.05, 0) is 37.3 Å². The van der Waals surface area contributed by atoms with Gasteiger partial charge in [-0.2, -0.15) is 0 Å². The molecule has 0 radical (unpaired) electrons. The standard InChI is InChI=1S/C18H20N2O3/c1-13-7-9-16(10-8-13)23-17(21)12-19-18(22)14-5-4-6-15(11-14)20(2)3/h4-11H,12H2,1-3H3,(H,19,22). The summed E-state index contributed by atoms with van der Waals surface area (Å²) in [6.07, 6.45) is 0. The van der Waals surface area contributed by atoms with Crippen LogP contribution in [0.1, 0.15) is 15.9 Å². The zero-order valence-electron chi connectivity index (χ0n) is 13.5. The smallest absolute Gasteiger partial charge is 0.330 e.